The van der Waals surface area contributed by atoms with Crippen LogP contribution in [0.15, 0.2) is 11.6 Å². The summed E-state index contributed by atoms with van der Waals surface area (Å²) in [6, 6.07) is 0. The average molecular weight is 180 g/mol. The van der Waals surface area contributed by atoms with Crippen LogP contribution in [0.1, 0.15) is 46.5 Å². The van der Waals surface area contributed by atoms with Crippen molar-refractivity contribution in [3.8, 4) is 0 Å². The van der Waals surface area contributed by atoms with Gasteiger partial charge in [0.1, 0.15) is 5.78 Å². The van der Waals surface area contributed by atoms with Crippen LogP contribution in [0.5, 0.6) is 0 Å². The van der Waals surface area contributed by atoms with Crippen LogP contribution in [0.25, 0.3) is 0 Å². The van der Waals surface area contributed by atoms with E-state index in [2.05, 4.69) is 26.8 Å². The zero-order chi connectivity index (χ0) is 9.84. The lowest BCUT2D eigenvalue weighted by atomic mass is 9.80. The van der Waals surface area contributed by atoms with Crippen LogP contribution >= 0.6 is 0 Å². The van der Waals surface area contributed by atoms with Crippen LogP contribution in [0.3, 0.4) is 0 Å². The Bertz CT molecular complexity index is 211. The topological polar surface area (TPSA) is 17.1 Å². The molecule has 0 heterocycles. The van der Waals surface area contributed by atoms with E-state index in [4.69, 9.17) is 0 Å². The predicted octanol–water partition coefficient (Wildman–Crippen LogP) is 3.35. The average Bonchev–Trinajstić information content (AvgIpc) is 2.02. The van der Waals surface area contributed by atoms with Gasteiger partial charge in [-0.1, -0.05) is 18.6 Å². The third kappa shape index (κ3) is 3.33. The minimum atomic E-state index is 0.325. The lowest BCUT2D eigenvalue weighted by Gasteiger charge is -2.23. The van der Waals surface area contributed by atoms with E-state index in [1.165, 1.54) is 12.0 Å². The zero-order valence-electron chi connectivity index (χ0n) is 8.97. The van der Waals surface area contributed by atoms with Crippen LogP contribution in [-0.2, 0) is 4.79 Å². The van der Waals surface area contributed by atoms with Gasteiger partial charge < -0.3 is 0 Å². The molecule has 0 aromatic heterocycles. The minimum Gasteiger partial charge on any atom is -0.299 e. The van der Waals surface area contributed by atoms with Gasteiger partial charge in [0.2, 0.25) is 0 Å². The number of ketones is 1. The monoisotopic (exact) mass is 180 g/mol. The molecule has 1 fully saturated rings. The van der Waals surface area contributed by atoms with Crippen LogP contribution < -0.4 is 0 Å². The maximum Gasteiger partial charge on any atom is 0.136 e. The molecule has 13 heavy (non-hydrogen) atoms. The molecule has 0 aliphatic heterocycles. The number of hydrogen-bond donors (Lipinski definition) is 0. The van der Waals surface area contributed by atoms with Crippen molar-refractivity contribution in [2.75, 3.05) is 0 Å². The second-order valence-electron chi connectivity index (χ2n) is 4.57. The molecule has 0 bridgehead atoms. The number of hydrogen-bond acceptors (Lipinski definition) is 1. The standard InChI is InChI=1S/C12H20O/c1-9(2)4-6-11-7-5-10(3)8-12(11)13/h4,10-11H,5-8H2,1-3H3/t10-,11+/m0/s1. The Labute approximate surface area is 81.2 Å². The molecule has 1 aliphatic rings. The Hall–Kier alpha value is -0.590. The summed E-state index contributed by atoms with van der Waals surface area (Å²) in [5.74, 6) is 1.43. The van der Waals surface area contributed by atoms with Gasteiger partial charge >= 0.3 is 0 Å². The molecule has 0 aromatic carbocycles. The lowest BCUT2D eigenvalue weighted by Crippen LogP contribution is -2.23. The zero-order valence-corrected chi connectivity index (χ0v) is 8.97. The lowest BCUT2D eigenvalue weighted by molar-refractivity contribution is -0.125. The fourth-order valence-electron chi connectivity index (χ4n) is 1.89. The van der Waals surface area contributed by atoms with Gasteiger partial charge in [-0.15, -0.1) is 0 Å². The summed E-state index contributed by atoms with van der Waals surface area (Å²) in [4.78, 5) is 11.6. The van der Waals surface area contributed by atoms with Crippen molar-refractivity contribution in [2.24, 2.45) is 11.8 Å². The first kappa shape index (κ1) is 10.5. The van der Waals surface area contributed by atoms with E-state index in [1.807, 2.05) is 0 Å². The van der Waals surface area contributed by atoms with Gasteiger partial charge in [0, 0.05) is 12.3 Å². The quantitative estimate of drug-likeness (QED) is 0.596. The highest BCUT2D eigenvalue weighted by atomic mass is 16.1. The molecule has 1 saturated carbocycles. The Balaban J connectivity index is 2.43. The molecule has 0 N–H and O–H groups in total. The maximum absolute atomic E-state index is 11.6. The molecule has 0 spiro atoms. The molecular formula is C12H20O. The number of Topliss-reactive ketones (excluding diaryl/α,β-unsaturated/α-hetero) is 1. The van der Waals surface area contributed by atoms with Crippen molar-refractivity contribution in [1.82, 2.24) is 0 Å². The van der Waals surface area contributed by atoms with Crippen molar-refractivity contribution in [3.05, 3.63) is 11.6 Å². The van der Waals surface area contributed by atoms with Crippen molar-refractivity contribution in [2.45, 2.75) is 46.5 Å². The first-order valence-corrected chi connectivity index (χ1v) is 5.25. The van der Waals surface area contributed by atoms with Crippen LogP contribution in [0, 0.1) is 11.8 Å². The first-order valence-electron chi connectivity index (χ1n) is 5.25. The van der Waals surface area contributed by atoms with Crippen LogP contribution in [0.2, 0.25) is 0 Å². The van der Waals surface area contributed by atoms with Crippen molar-refractivity contribution in [1.29, 1.82) is 0 Å². The van der Waals surface area contributed by atoms with E-state index >= 15 is 0 Å². The smallest absolute Gasteiger partial charge is 0.136 e. The highest BCUT2D eigenvalue weighted by Gasteiger charge is 2.24. The third-order valence-electron chi connectivity index (χ3n) is 2.82. The molecule has 0 unspecified atom stereocenters. The van der Waals surface area contributed by atoms with E-state index in [-0.39, 0.29) is 0 Å². The van der Waals surface area contributed by atoms with Crippen molar-refractivity contribution in [3.63, 3.8) is 0 Å². The van der Waals surface area contributed by atoms with Crippen molar-refractivity contribution >= 4 is 5.78 Å². The molecule has 1 rings (SSSR count). The SMILES string of the molecule is CC(C)=CC[C@@H]1CC[C@H](C)CC1=O. The van der Waals surface area contributed by atoms with Gasteiger partial charge in [0.05, 0.1) is 0 Å². The normalized spacial score (nSPS) is 28.7. The fraction of sp³-hybridized carbons (Fsp3) is 0.750. The summed E-state index contributed by atoms with van der Waals surface area (Å²) in [6.07, 6.45) is 6.30. The number of carbonyl (C=O) groups is 1. The van der Waals surface area contributed by atoms with E-state index in [0.717, 1.165) is 19.3 Å². The molecule has 0 aromatic rings. The fourth-order valence-corrected chi connectivity index (χ4v) is 1.89. The molecule has 0 saturated heterocycles. The molecule has 0 radical (unpaired) electrons. The van der Waals surface area contributed by atoms with Gasteiger partial charge in [-0.2, -0.15) is 0 Å². The Morgan fingerprint density at radius 3 is 2.69 bits per heavy atom. The van der Waals surface area contributed by atoms with E-state index < -0.39 is 0 Å². The highest BCUT2D eigenvalue weighted by Crippen LogP contribution is 2.28. The maximum atomic E-state index is 11.6. The Morgan fingerprint density at radius 2 is 2.15 bits per heavy atom. The second kappa shape index (κ2) is 4.59. The van der Waals surface area contributed by atoms with Crippen LogP contribution in [0.4, 0.5) is 0 Å². The molecule has 1 nitrogen and oxygen atoms in total. The van der Waals surface area contributed by atoms with E-state index in [9.17, 15) is 4.79 Å². The summed E-state index contributed by atoms with van der Waals surface area (Å²) in [5.41, 5.74) is 1.33. The molecule has 1 heteroatoms. The Kier molecular flexibility index (Phi) is 3.71. The Morgan fingerprint density at radius 1 is 1.46 bits per heavy atom. The summed E-state index contributed by atoms with van der Waals surface area (Å²) < 4.78 is 0. The van der Waals surface area contributed by atoms with Crippen LogP contribution in [-0.4, -0.2) is 5.78 Å². The van der Waals surface area contributed by atoms with E-state index in [0.29, 0.717) is 17.6 Å². The molecule has 0 amide bonds. The molecule has 1 aliphatic carbocycles. The van der Waals surface area contributed by atoms with Crippen molar-refractivity contribution < 1.29 is 4.79 Å². The molecule has 74 valence electrons. The largest absolute Gasteiger partial charge is 0.299 e. The van der Waals surface area contributed by atoms with E-state index in [1.54, 1.807) is 0 Å². The minimum absolute atomic E-state index is 0.325. The summed E-state index contributed by atoms with van der Waals surface area (Å²) in [6.45, 7) is 6.36. The summed E-state index contributed by atoms with van der Waals surface area (Å²) >= 11 is 0. The van der Waals surface area contributed by atoms with Gasteiger partial charge in [0.25, 0.3) is 0 Å². The van der Waals surface area contributed by atoms with Gasteiger partial charge in [-0.3, -0.25) is 4.79 Å². The first-order chi connectivity index (χ1) is 6.09. The number of carbonyl (C=O) groups excluding carboxylic acids is 1. The van der Waals surface area contributed by atoms with Gasteiger partial charge in [-0.05, 0) is 39.0 Å². The molecule has 2 atom stereocenters. The van der Waals surface area contributed by atoms with Gasteiger partial charge in [-0.25, -0.2) is 0 Å². The number of allylic oxidation sites excluding steroid dienone is 2. The summed E-state index contributed by atoms with van der Waals surface area (Å²) in [5, 5.41) is 0. The summed E-state index contributed by atoms with van der Waals surface area (Å²) in [7, 11) is 0. The second-order valence-corrected chi connectivity index (χ2v) is 4.57. The molecular weight excluding hydrogens is 160 g/mol. The van der Waals surface area contributed by atoms with Gasteiger partial charge in [0.15, 0.2) is 0 Å². The number of rotatable bonds is 2. The highest BCUT2D eigenvalue weighted by molar-refractivity contribution is 5.82. The third-order valence-corrected chi connectivity index (χ3v) is 2.82. The predicted molar refractivity (Wildman–Crippen MR) is 55.6 cm³/mol.